The Labute approximate surface area is 97.1 Å². The summed E-state index contributed by atoms with van der Waals surface area (Å²) in [5.41, 5.74) is 0.543. The zero-order valence-corrected chi connectivity index (χ0v) is 10.1. The Morgan fingerprint density at radius 1 is 1.56 bits per heavy atom. The number of hydrogen-bond donors (Lipinski definition) is 2. The fraction of sp³-hybridized carbons (Fsp3) is 0.400. The Hall–Kier alpha value is -1.43. The maximum atomic E-state index is 11.6. The summed E-state index contributed by atoms with van der Waals surface area (Å²) in [6, 6.07) is 3.30. The minimum Gasteiger partial charge on any atom is -0.373 e. The molecule has 0 saturated heterocycles. The lowest BCUT2D eigenvalue weighted by Crippen LogP contribution is -2.27. The molecule has 88 valence electrons. The minimum absolute atomic E-state index is 0.177. The van der Waals surface area contributed by atoms with Gasteiger partial charge in [-0.15, -0.1) is 0 Å². The zero-order valence-electron chi connectivity index (χ0n) is 9.32. The molecule has 0 spiro atoms. The summed E-state index contributed by atoms with van der Waals surface area (Å²) in [6.07, 6.45) is 3.18. The fourth-order valence-corrected chi connectivity index (χ4v) is 1.51. The summed E-state index contributed by atoms with van der Waals surface area (Å²) in [7, 11) is 0.857. The smallest absolute Gasteiger partial charge is 0.251 e. The van der Waals surface area contributed by atoms with Crippen LogP contribution in [0.15, 0.2) is 18.3 Å². The first-order chi connectivity index (χ1) is 7.63. The van der Waals surface area contributed by atoms with E-state index in [2.05, 4.69) is 15.6 Å². The predicted octanol–water partition coefficient (Wildman–Crippen LogP) is 0.232. The molecule has 0 radical (unpaired) electrons. The molecule has 0 aliphatic heterocycles. The molecule has 1 heterocycles. The summed E-state index contributed by atoms with van der Waals surface area (Å²) in [4.78, 5) is 15.6. The molecule has 1 rings (SSSR count). The number of nitrogens with zero attached hydrogens (tertiary/aromatic N) is 1. The van der Waals surface area contributed by atoms with Crippen molar-refractivity contribution in [3.8, 4) is 0 Å². The molecule has 0 bridgehead atoms. The third-order valence-corrected chi connectivity index (χ3v) is 2.73. The van der Waals surface area contributed by atoms with Crippen LogP contribution < -0.4 is 10.6 Å². The molecule has 0 aliphatic carbocycles. The van der Waals surface area contributed by atoms with E-state index < -0.39 is 10.8 Å². The third kappa shape index (κ3) is 3.98. The monoisotopic (exact) mass is 241 g/mol. The molecule has 1 atom stereocenters. The molecule has 1 amide bonds. The molecule has 1 aromatic heterocycles. The molecule has 0 saturated carbocycles. The van der Waals surface area contributed by atoms with Crippen LogP contribution in [0.2, 0.25) is 0 Å². The summed E-state index contributed by atoms with van der Waals surface area (Å²) in [5, 5.41) is 5.55. The van der Waals surface area contributed by atoms with Crippen molar-refractivity contribution < 1.29 is 9.00 Å². The second-order valence-electron chi connectivity index (χ2n) is 3.21. The quantitative estimate of drug-likeness (QED) is 0.774. The number of rotatable bonds is 5. The standard InChI is InChI=1S/C10H15N3O2S/c1-11-9-7-8(3-4-12-9)10(14)13-5-6-16(2)15/h3-4,7H,5-6H2,1-2H3,(H,11,12)(H,13,14). The SMILES string of the molecule is CNc1cc(C(=O)NCCS(C)=O)ccn1. The van der Waals surface area contributed by atoms with Crippen molar-refractivity contribution in [3.63, 3.8) is 0 Å². The van der Waals surface area contributed by atoms with Gasteiger partial charge >= 0.3 is 0 Å². The highest BCUT2D eigenvalue weighted by atomic mass is 32.2. The second kappa shape index (κ2) is 6.22. The molecular weight excluding hydrogens is 226 g/mol. The average Bonchev–Trinajstić information content (AvgIpc) is 2.28. The Morgan fingerprint density at radius 2 is 2.31 bits per heavy atom. The van der Waals surface area contributed by atoms with Gasteiger partial charge in [0, 0.05) is 48.2 Å². The first-order valence-corrected chi connectivity index (χ1v) is 6.58. The highest BCUT2D eigenvalue weighted by Gasteiger charge is 2.05. The van der Waals surface area contributed by atoms with Crippen LogP contribution in [0.25, 0.3) is 0 Å². The van der Waals surface area contributed by atoms with E-state index in [1.807, 2.05) is 0 Å². The van der Waals surface area contributed by atoms with Crippen LogP contribution in [0.5, 0.6) is 0 Å². The van der Waals surface area contributed by atoms with E-state index >= 15 is 0 Å². The van der Waals surface area contributed by atoms with Gasteiger partial charge in [0.05, 0.1) is 0 Å². The van der Waals surface area contributed by atoms with Gasteiger partial charge in [-0.25, -0.2) is 4.98 Å². The van der Waals surface area contributed by atoms with Gasteiger partial charge in [-0.3, -0.25) is 9.00 Å². The Bertz CT molecular complexity index is 395. The van der Waals surface area contributed by atoms with Crippen LogP contribution in [0.4, 0.5) is 5.82 Å². The predicted molar refractivity (Wildman–Crippen MR) is 65.1 cm³/mol. The van der Waals surface area contributed by atoms with Crippen molar-refractivity contribution in [1.29, 1.82) is 0 Å². The molecule has 16 heavy (non-hydrogen) atoms. The molecule has 0 fully saturated rings. The lowest BCUT2D eigenvalue weighted by Gasteiger charge is -2.05. The van der Waals surface area contributed by atoms with Crippen LogP contribution in [0, 0.1) is 0 Å². The number of nitrogens with one attached hydrogen (secondary N) is 2. The lowest BCUT2D eigenvalue weighted by molar-refractivity contribution is 0.0956. The van der Waals surface area contributed by atoms with E-state index in [9.17, 15) is 9.00 Å². The number of aromatic nitrogens is 1. The highest BCUT2D eigenvalue weighted by molar-refractivity contribution is 7.84. The Morgan fingerprint density at radius 3 is 2.94 bits per heavy atom. The number of pyridine rings is 1. The maximum absolute atomic E-state index is 11.6. The molecule has 0 aromatic carbocycles. The van der Waals surface area contributed by atoms with Gasteiger partial charge < -0.3 is 10.6 Å². The summed E-state index contributed by atoms with van der Waals surface area (Å²) >= 11 is 0. The van der Waals surface area contributed by atoms with E-state index in [-0.39, 0.29) is 5.91 Å². The Kier molecular flexibility index (Phi) is 4.91. The largest absolute Gasteiger partial charge is 0.373 e. The van der Waals surface area contributed by atoms with Crippen molar-refractivity contribution in [2.75, 3.05) is 30.9 Å². The van der Waals surface area contributed by atoms with E-state index in [1.165, 1.54) is 0 Å². The van der Waals surface area contributed by atoms with Gasteiger partial charge in [0.15, 0.2) is 0 Å². The van der Waals surface area contributed by atoms with Crippen molar-refractivity contribution in [2.24, 2.45) is 0 Å². The van der Waals surface area contributed by atoms with E-state index in [0.29, 0.717) is 23.7 Å². The maximum Gasteiger partial charge on any atom is 0.251 e. The van der Waals surface area contributed by atoms with Gasteiger partial charge in [-0.2, -0.15) is 0 Å². The summed E-state index contributed by atoms with van der Waals surface area (Å²) in [6.45, 7) is 0.416. The number of anilines is 1. The number of hydrogen-bond acceptors (Lipinski definition) is 4. The van der Waals surface area contributed by atoms with Crippen LogP contribution in [-0.2, 0) is 10.8 Å². The average molecular weight is 241 g/mol. The summed E-state index contributed by atoms with van der Waals surface area (Å²) in [5.74, 6) is 0.937. The van der Waals surface area contributed by atoms with Crippen LogP contribution >= 0.6 is 0 Å². The zero-order chi connectivity index (χ0) is 12.0. The molecule has 2 N–H and O–H groups in total. The highest BCUT2D eigenvalue weighted by Crippen LogP contribution is 2.05. The van der Waals surface area contributed by atoms with Crippen molar-refractivity contribution in [2.45, 2.75) is 0 Å². The first kappa shape index (κ1) is 12.6. The van der Waals surface area contributed by atoms with Crippen LogP contribution in [0.3, 0.4) is 0 Å². The van der Waals surface area contributed by atoms with Crippen molar-refractivity contribution >= 4 is 22.5 Å². The van der Waals surface area contributed by atoms with Crippen LogP contribution in [-0.4, -0.2) is 40.7 Å². The fourth-order valence-electron chi connectivity index (χ4n) is 1.12. The number of amides is 1. The lowest BCUT2D eigenvalue weighted by atomic mass is 10.2. The number of carbonyl (C=O) groups is 1. The van der Waals surface area contributed by atoms with E-state index in [0.717, 1.165) is 0 Å². The van der Waals surface area contributed by atoms with Gasteiger partial charge in [-0.1, -0.05) is 0 Å². The third-order valence-electron chi connectivity index (χ3n) is 1.95. The molecule has 0 aliphatic rings. The number of carbonyl (C=O) groups excluding carboxylic acids is 1. The van der Waals surface area contributed by atoms with Gasteiger partial charge in [0.1, 0.15) is 5.82 Å². The van der Waals surface area contributed by atoms with E-state index in [4.69, 9.17) is 0 Å². The molecule has 5 nitrogen and oxygen atoms in total. The molecule has 6 heteroatoms. The molecule has 1 unspecified atom stereocenters. The van der Waals surface area contributed by atoms with Gasteiger partial charge in [-0.05, 0) is 12.1 Å². The van der Waals surface area contributed by atoms with E-state index in [1.54, 1.807) is 31.6 Å². The molecular formula is C10H15N3O2S. The normalized spacial score (nSPS) is 11.9. The van der Waals surface area contributed by atoms with Crippen molar-refractivity contribution in [3.05, 3.63) is 23.9 Å². The Balaban J connectivity index is 2.55. The second-order valence-corrected chi connectivity index (χ2v) is 4.77. The van der Waals surface area contributed by atoms with Crippen molar-refractivity contribution in [1.82, 2.24) is 10.3 Å². The van der Waals surface area contributed by atoms with Crippen LogP contribution in [0.1, 0.15) is 10.4 Å². The minimum atomic E-state index is -0.884. The topological polar surface area (TPSA) is 71.1 Å². The summed E-state index contributed by atoms with van der Waals surface area (Å²) < 4.78 is 10.8. The van der Waals surface area contributed by atoms with Gasteiger partial charge in [0.25, 0.3) is 5.91 Å². The van der Waals surface area contributed by atoms with Gasteiger partial charge in [0.2, 0.25) is 0 Å². The molecule has 1 aromatic rings. The first-order valence-electron chi connectivity index (χ1n) is 4.85.